The highest BCUT2D eigenvalue weighted by molar-refractivity contribution is 5.78. The molecule has 0 atom stereocenters. The quantitative estimate of drug-likeness (QED) is 0.796. The molecule has 2 rings (SSSR count). The summed E-state index contributed by atoms with van der Waals surface area (Å²) in [5, 5.41) is 0. The van der Waals surface area contributed by atoms with Gasteiger partial charge in [-0.05, 0) is 50.5 Å². The van der Waals surface area contributed by atoms with Gasteiger partial charge in [0.05, 0.1) is 0 Å². The summed E-state index contributed by atoms with van der Waals surface area (Å²) in [5.74, 6) is 0.596. The minimum absolute atomic E-state index is 0.264. The predicted molar refractivity (Wildman–Crippen MR) is 71.2 cm³/mol. The minimum Gasteiger partial charge on any atom is -0.399 e. The summed E-state index contributed by atoms with van der Waals surface area (Å²) in [5.41, 5.74) is 9.03. The molecule has 1 fully saturated rings. The summed E-state index contributed by atoms with van der Waals surface area (Å²) in [6.07, 6.45) is 1.94. The molecule has 17 heavy (non-hydrogen) atoms. The third kappa shape index (κ3) is 2.60. The Bertz CT molecular complexity index is 420. The van der Waals surface area contributed by atoms with Crippen LogP contribution in [0.15, 0.2) is 18.2 Å². The molecule has 1 aromatic carbocycles. The Morgan fingerprint density at radius 2 is 2.00 bits per heavy atom. The number of benzene rings is 1. The summed E-state index contributed by atoms with van der Waals surface area (Å²) < 4.78 is 0. The van der Waals surface area contributed by atoms with Crippen molar-refractivity contribution in [3.8, 4) is 0 Å². The lowest BCUT2D eigenvalue weighted by Gasteiger charge is -2.33. The first-order valence-corrected chi connectivity index (χ1v) is 6.19. The topological polar surface area (TPSA) is 46.3 Å². The van der Waals surface area contributed by atoms with Gasteiger partial charge in [0.25, 0.3) is 0 Å². The van der Waals surface area contributed by atoms with E-state index in [4.69, 9.17) is 5.73 Å². The lowest BCUT2D eigenvalue weighted by molar-refractivity contribution is -0.121. The zero-order valence-corrected chi connectivity index (χ0v) is 10.6. The Hall–Kier alpha value is -1.51. The average Bonchev–Trinajstić information content (AvgIpc) is 2.29. The van der Waals surface area contributed by atoms with Crippen LogP contribution in [0.25, 0.3) is 0 Å². The van der Waals surface area contributed by atoms with Gasteiger partial charge in [-0.15, -0.1) is 0 Å². The number of carbonyl (C=O) groups excluding carboxylic acids is 1. The summed E-state index contributed by atoms with van der Waals surface area (Å²) in [7, 11) is 0. The third-order valence-corrected chi connectivity index (χ3v) is 3.63. The van der Waals surface area contributed by atoms with E-state index in [9.17, 15) is 4.79 Å². The number of Topliss-reactive ketones (excluding diaryl/α,β-unsaturated/α-hetero) is 1. The van der Waals surface area contributed by atoms with Gasteiger partial charge in [-0.25, -0.2) is 0 Å². The molecule has 0 unspecified atom stereocenters. The molecular weight excluding hydrogens is 212 g/mol. The number of nitrogens with zero attached hydrogens (tertiary/aromatic N) is 1. The maximum atomic E-state index is 11.3. The highest BCUT2D eigenvalue weighted by Gasteiger charge is 2.22. The standard InChI is InChI=1S/C14H20N2O/c1-10-9-13(15)3-4-14(10)16-7-5-12(6-8-16)11(2)17/h3-4,9,12H,5-8,15H2,1-2H3. The van der Waals surface area contributed by atoms with E-state index >= 15 is 0 Å². The Morgan fingerprint density at radius 1 is 1.35 bits per heavy atom. The molecule has 0 amide bonds. The van der Waals surface area contributed by atoms with Gasteiger partial charge in [-0.2, -0.15) is 0 Å². The van der Waals surface area contributed by atoms with Crippen molar-refractivity contribution in [2.75, 3.05) is 23.7 Å². The van der Waals surface area contributed by atoms with Crippen molar-refractivity contribution < 1.29 is 4.79 Å². The van der Waals surface area contributed by atoms with E-state index in [0.717, 1.165) is 31.6 Å². The first-order chi connectivity index (χ1) is 8.08. The zero-order valence-electron chi connectivity index (χ0n) is 10.6. The van der Waals surface area contributed by atoms with Gasteiger partial charge < -0.3 is 10.6 Å². The molecule has 0 bridgehead atoms. The molecule has 0 radical (unpaired) electrons. The van der Waals surface area contributed by atoms with Crippen LogP contribution in [0.3, 0.4) is 0 Å². The number of hydrogen-bond acceptors (Lipinski definition) is 3. The van der Waals surface area contributed by atoms with Crippen LogP contribution in [0.2, 0.25) is 0 Å². The Morgan fingerprint density at radius 3 is 2.53 bits per heavy atom. The van der Waals surface area contributed by atoms with Crippen LogP contribution in [-0.4, -0.2) is 18.9 Å². The molecule has 1 saturated heterocycles. The van der Waals surface area contributed by atoms with Gasteiger partial charge in [0.2, 0.25) is 0 Å². The predicted octanol–water partition coefficient (Wildman–Crippen LogP) is 2.38. The fraction of sp³-hybridized carbons (Fsp3) is 0.500. The van der Waals surface area contributed by atoms with Gasteiger partial charge >= 0.3 is 0 Å². The molecule has 92 valence electrons. The lowest BCUT2D eigenvalue weighted by Crippen LogP contribution is -2.36. The number of piperidine rings is 1. The largest absolute Gasteiger partial charge is 0.399 e. The fourth-order valence-electron chi connectivity index (χ4n) is 2.56. The second-order valence-corrected chi connectivity index (χ2v) is 4.92. The third-order valence-electron chi connectivity index (χ3n) is 3.63. The van der Waals surface area contributed by atoms with E-state index in [1.165, 1.54) is 11.3 Å². The van der Waals surface area contributed by atoms with Crippen LogP contribution in [0.5, 0.6) is 0 Å². The SMILES string of the molecule is CC(=O)C1CCN(c2ccc(N)cc2C)CC1. The van der Waals surface area contributed by atoms with E-state index in [0.29, 0.717) is 5.78 Å². The van der Waals surface area contributed by atoms with Crippen molar-refractivity contribution >= 4 is 17.2 Å². The normalized spacial score (nSPS) is 17.2. The van der Waals surface area contributed by atoms with Crippen molar-refractivity contribution in [3.05, 3.63) is 23.8 Å². The van der Waals surface area contributed by atoms with Gasteiger partial charge in [-0.1, -0.05) is 0 Å². The molecule has 2 N–H and O–H groups in total. The number of carbonyl (C=O) groups is 1. The monoisotopic (exact) mass is 232 g/mol. The van der Waals surface area contributed by atoms with E-state index in [-0.39, 0.29) is 5.92 Å². The van der Waals surface area contributed by atoms with Crippen molar-refractivity contribution in [2.45, 2.75) is 26.7 Å². The molecule has 1 aromatic rings. The Balaban J connectivity index is 2.08. The highest BCUT2D eigenvalue weighted by atomic mass is 16.1. The molecule has 0 saturated carbocycles. The number of anilines is 2. The Labute approximate surface area is 103 Å². The maximum absolute atomic E-state index is 11.3. The van der Waals surface area contributed by atoms with E-state index in [1.54, 1.807) is 6.92 Å². The van der Waals surface area contributed by atoms with Gasteiger partial charge in [0, 0.05) is 30.4 Å². The number of aryl methyl sites for hydroxylation is 1. The Kier molecular flexibility index (Phi) is 3.36. The van der Waals surface area contributed by atoms with Crippen LogP contribution in [0, 0.1) is 12.8 Å². The molecule has 0 spiro atoms. The van der Waals surface area contributed by atoms with Crippen molar-refractivity contribution in [1.82, 2.24) is 0 Å². The molecule has 3 nitrogen and oxygen atoms in total. The lowest BCUT2D eigenvalue weighted by atomic mass is 9.93. The molecular formula is C14H20N2O. The molecule has 1 heterocycles. The number of hydrogen-bond donors (Lipinski definition) is 1. The first-order valence-electron chi connectivity index (χ1n) is 6.19. The molecule has 0 aromatic heterocycles. The number of nitrogens with two attached hydrogens (primary N) is 1. The van der Waals surface area contributed by atoms with E-state index < -0.39 is 0 Å². The van der Waals surface area contributed by atoms with Gasteiger partial charge in [0.15, 0.2) is 0 Å². The van der Waals surface area contributed by atoms with Crippen LogP contribution < -0.4 is 10.6 Å². The van der Waals surface area contributed by atoms with E-state index in [1.807, 2.05) is 12.1 Å². The van der Waals surface area contributed by atoms with Crippen molar-refractivity contribution in [1.29, 1.82) is 0 Å². The van der Waals surface area contributed by atoms with Gasteiger partial charge in [0.1, 0.15) is 5.78 Å². The highest BCUT2D eigenvalue weighted by Crippen LogP contribution is 2.27. The van der Waals surface area contributed by atoms with Crippen LogP contribution in [0.1, 0.15) is 25.3 Å². The molecule has 3 heteroatoms. The van der Waals surface area contributed by atoms with Gasteiger partial charge in [-0.3, -0.25) is 4.79 Å². The van der Waals surface area contributed by atoms with Crippen molar-refractivity contribution in [3.63, 3.8) is 0 Å². The first kappa shape index (κ1) is 12.0. The molecule has 1 aliphatic heterocycles. The second-order valence-electron chi connectivity index (χ2n) is 4.92. The smallest absolute Gasteiger partial charge is 0.133 e. The summed E-state index contributed by atoms with van der Waals surface area (Å²) in [4.78, 5) is 13.7. The summed E-state index contributed by atoms with van der Waals surface area (Å²) >= 11 is 0. The average molecular weight is 232 g/mol. The van der Waals surface area contributed by atoms with Crippen LogP contribution in [0.4, 0.5) is 11.4 Å². The number of rotatable bonds is 2. The van der Waals surface area contributed by atoms with Crippen LogP contribution >= 0.6 is 0 Å². The molecule has 0 aliphatic carbocycles. The maximum Gasteiger partial charge on any atom is 0.133 e. The van der Waals surface area contributed by atoms with Crippen molar-refractivity contribution in [2.24, 2.45) is 5.92 Å². The van der Waals surface area contributed by atoms with E-state index in [2.05, 4.69) is 17.9 Å². The summed E-state index contributed by atoms with van der Waals surface area (Å²) in [6, 6.07) is 6.03. The minimum atomic E-state index is 0.264. The molecule has 1 aliphatic rings. The van der Waals surface area contributed by atoms with Crippen LogP contribution in [-0.2, 0) is 4.79 Å². The number of nitrogen functional groups attached to an aromatic ring is 1. The summed E-state index contributed by atoms with van der Waals surface area (Å²) in [6.45, 7) is 5.72. The fourth-order valence-corrected chi connectivity index (χ4v) is 2.56. The second kappa shape index (κ2) is 4.78. The number of ketones is 1. The zero-order chi connectivity index (χ0) is 12.4.